The molecule has 8 heteroatoms. The maximum atomic E-state index is 11.4. The summed E-state index contributed by atoms with van der Waals surface area (Å²) in [6.07, 6.45) is 1.50. The molecule has 0 N–H and O–H groups in total. The molecule has 0 aromatic carbocycles. The third kappa shape index (κ3) is 2.05. The van der Waals surface area contributed by atoms with Crippen LogP contribution in [0.15, 0.2) is 16.8 Å². The van der Waals surface area contributed by atoms with Gasteiger partial charge in [-0.15, -0.1) is 5.10 Å². The zero-order chi connectivity index (χ0) is 11.4. The van der Waals surface area contributed by atoms with Crippen molar-refractivity contribution in [2.45, 2.75) is 13.5 Å². The van der Waals surface area contributed by atoms with Gasteiger partial charge >= 0.3 is 5.97 Å². The fourth-order valence-corrected chi connectivity index (χ4v) is 1.12. The molecule has 0 aliphatic carbocycles. The van der Waals surface area contributed by atoms with Crippen LogP contribution < -0.4 is 0 Å². The van der Waals surface area contributed by atoms with E-state index < -0.39 is 5.97 Å². The first-order valence-electron chi connectivity index (χ1n) is 4.64. The lowest BCUT2D eigenvalue weighted by Gasteiger charge is -2.01. The smallest absolute Gasteiger partial charge is 0.378 e. The van der Waals surface area contributed by atoms with E-state index in [4.69, 9.17) is 9.26 Å². The molecule has 0 saturated heterocycles. The van der Waals surface area contributed by atoms with Crippen LogP contribution in [0.2, 0.25) is 0 Å². The van der Waals surface area contributed by atoms with Crippen LogP contribution in [0.25, 0.3) is 0 Å². The van der Waals surface area contributed by atoms with Crippen molar-refractivity contribution >= 4 is 5.97 Å². The van der Waals surface area contributed by atoms with Gasteiger partial charge in [-0.3, -0.25) is 0 Å². The number of carbonyl (C=O) groups excluding carboxylic acids is 1. The quantitative estimate of drug-likeness (QED) is 0.667. The Labute approximate surface area is 90.2 Å². The third-order valence-electron chi connectivity index (χ3n) is 1.79. The Hall–Kier alpha value is -2.25. The Morgan fingerprint density at radius 1 is 1.62 bits per heavy atom. The number of nitrogens with zero attached hydrogens (tertiary/aromatic N) is 5. The summed E-state index contributed by atoms with van der Waals surface area (Å²) in [5.41, 5.74) is 0. The van der Waals surface area contributed by atoms with Crippen molar-refractivity contribution in [2.75, 3.05) is 6.61 Å². The molecule has 0 aliphatic heterocycles. The highest BCUT2D eigenvalue weighted by Crippen LogP contribution is 2.02. The van der Waals surface area contributed by atoms with Crippen molar-refractivity contribution in [1.82, 2.24) is 25.4 Å². The lowest BCUT2D eigenvalue weighted by molar-refractivity contribution is 0.0504. The van der Waals surface area contributed by atoms with Crippen LogP contribution >= 0.6 is 0 Å². The molecule has 2 aromatic rings. The Bertz CT molecular complexity index is 464. The molecular formula is C8H9N5O3. The van der Waals surface area contributed by atoms with Gasteiger partial charge in [-0.2, -0.15) is 0 Å². The van der Waals surface area contributed by atoms with Gasteiger partial charge in [0.25, 0.3) is 5.82 Å². The highest BCUT2D eigenvalue weighted by Gasteiger charge is 2.17. The molecular weight excluding hydrogens is 214 g/mol. The normalized spacial score (nSPS) is 10.3. The minimum atomic E-state index is -0.563. The Morgan fingerprint density at radius 2 is 2.50 bits per heavy atom. The van der Waals surface area contributed by atoms with E-state index in [9.17, 15) is 4.79 Å². The molecule has 2 aromatic heterocycles. The van der Waals surface area contributed by atoms with E-state index in [1.165, 1.54) is 10.9 Å². The van der Waals surface area contributed by atoms with Crippen molar-refractivity contribution in [3.63, 3.8) is 0 Å². The molecule has 2 rings (SSSR count). The van der Waals surface area contributed by atoms with Gasteiger partial charge in [-0.25, -0.2) is 9.48 Å². The molecule has 16 heavy (non-hydrogen) atoms. The number of hydrogen-bond donors (Lipinski definition) is 0. The molecule has 0 aliphatic rings. The standard InChI is InChI=1S/C8H9N5O3/c1-2-15-8(14)7-10-11-12-13(7)5-6-3-4-9-16-6/h3-4H,2,5H2,1H3. The van der Waals surface area contributed by atoms with Gasteiger partial charge in [0, 0.05) is 6.07 Å². The van der Waals surface area contributed by atoms with E-state index in [2.05, 4.69) is 20.7 Å². The van der Waals surface area contributed by atoms with E-state index in [1.54, 1.807) is 13.0 Å². The summed E-state index contributed by atoms with van der Waals surface area (Å²) in [6.45, 7) is 2.22. The first-order chi connectivity index (χ1) is 7.81. The molecule has 0 atom stereocenters. The number of hydrogen-bond acceptors (Lipinski definition) is 7. The molecule has 84 valence electrons. The van der Waals surface area contributed by atoms with Crippen LogP contribution in [0, 0.1) is 0 Å². The maximum Gasteiger partial charge on any atom is 0.378 e. The number of rotatable bonds is 4. The van der Waals surface area contributed by atoms with Crippen molar-refractivity contribution in [3.8, 4) is 0 Å². The van der Waals surface area contributed by atoms with Crippen LogP contribution in [0.3, 0.4) is 0 Å². The number of aromatic nitrogens is 5. The van der Waals surface area contributed by atoms with Crippen LogP contribution in [0.5, 0.6) is 0 Å². The van der Waals surface area contributed by atoms with E-state index in [1.807, 2.05) is 0 Å². The fourth-order valence-electron chi connectivity index (χ4n) is 1.12. The number of esters is 1. The molecule has 0 radical (unpaired) electrons. The molecule has 0 fully saturated rings. The summed E-state index contributed by atoms with van der Waals surface area (Å²) >= 11 is 0. The summed E-state index contributed by atoms with van der Waals surface area (Å²) in [5, 5.41) is 14.2. The third-order valence-corrected chi connectivity index (χ3v) is 1.79. The van der Waals surface area contributed by atoms with Crippen molar-refractivity contribution < 1.29 is 14.1 Å². The van der Waals surface area contributed by atoms with E-state index in [-0.39, 0.29) is 19.0 Å². The van der Waals surface area contributed by atoms with Crippen LogP contribution in [0.4, 0.5) is 0 Å². The first-order valence-corrected chi connectivity index (χ1v) is 4.64. The predicted molar refractivity (Wildman–Crippen MR) is 49.4 cm³/mol. The van der Waals surface area contributed by atoms with Gasteiger partial charge < -0.3 is 9.26 Å². The Balaban J connectivity index is 2.16. The van der Waals surface area contributed by atoms with Crippen LogP contribution in [0.1, 0.15) is 23.3 Å². The summed E-state index contributed by atoms with van der Waals surface area (Å²) < 4.78 is 11.0. The Morgan fingerprint density at radius 3 is 3.19 bits per heavy atom. The molecule has 0 bridgehead atoms. The van der Waals surface area contributed by atoms with Gasteiger partial charge in [0.05, 0.1) is 12.8 Å². The zero-order valence-corrected chi connectivity index (χ0v) is 8.53. The number of carbonyl (C=O) groups is 1. The van der Waals surface area contributed by atoms with Gasteiger partial charge in [0.15, 0.2) is 5.76 Å². The lowest BCUT2D eigenvalue weighted by Crippen LogP contribution is -2.15. The second kappa shape index (κ2) is 4.51. The number of ether oxygens (including phenoxy) is 1. The molecule has 0 saturated carbocycles. The van der Waals surface area contributed by atoms with Gasteiger partial charge in [-0.1, -0.05) is 5.16 Å². The van der Waals surface area contributed by atoms with Crippen LogP contribution in [-0.4, -0.2) is 37.9 Å². The summed E-state index contributed by atoms with van der Waals surface area (Å²) in [5.74, 6) is 0.0307. The monoisotopic (exact) mass is 223 g/mol. The van der Waals surface area contributed by atoms with Gasteiger partial charge in [-0.05, 0) is 17.4 Å². The second-order valence-corrected chi connectivity index (χ2v) is 2.86. The first kappa shape index (κ1) is 10.3. The summed E-state index contributed by atoms with van der Waals surface area (Å²) in [6, 6.07) is 1.66. The maximum absolute atomic E-state index is 11.4. The van der Waals surface area contributed by atoms with Gasteiger partial charge in [0.1, 0.15) is 6.54 Å². The number of tetrazole rings is 1. The van der Waals surface area contributed by atoms with E-state index in [0.29, 0.717) is 5.76 Å². The summed E-state index contributed by atoms with van der Waals surface area (Å²) in [7, 11) is 0. The molecule has 2 heterocycles. The van der Waals surface area contributed by atoms with E-state index in [0.717, 1.165) is 0 Å². The second-order valence-electron chi connectivity index (χ2n) is 2.86. The topological polar surface area (TPSA) is 95.9 Å². The Kier molecular flexibility index (Phi) is 2.90. The largest absolute Gasteiger partial charge is 0.460 e. The summed E-state index contributed by atoms with van der Waals surface area (Å²) in [4.78, 5) is 11.4. The van der Waals surface area contributed by atoms with Crippen molar-refractivity contribution in [3.05, 3.63) is 23.8 Å². The highest BCUT2D eigenvalue weighted by atomic mass is 16.5. The average molecular weight is 223 g/mol. The minimum absolute atomic E-state index is 0.0400. The van der Waals surface area contributed by atoms with Gasteiger partial charge in [0.2, 0.25) is 0 Å². The van der Waals surface area contributed by atoms with E-state index >= 15 is 0 Å². The molecule has 0 unspecified atom stereocenters. The zero-order valence-electron chi connectivity index (χ0n) is 8.53. The average Bonchev–Trinajstić information content (AvgIpc) is 2.90. The minimum Gasteiger partial charge on any atom is -0.460 e. The van der Waals surface area contributed by atoms with Crippen molar-refractivity contribution in [2.24, 2.45) is 0 Å². The SMILES string of the molecule is CCOC(=O)c1nnnn1Cc1ccno1. The fraction of sp³-hybridized carbons (Fsp3) is 0.375. The lowest BCUT2D eigenvalue weighted by atomic mass is 10.4. The van der Waals surface area contributed by atoms with Crippen LogP contribution in [-0.2, 0) is 11.3 Å². The molecule has 8 nitrogen and oxygen atoms in total. The predicted octanol–water partition coefficient (Wildman–Crippen LogP) is -0.114. The highest BCUT2D eigenvalue weighted by molar-refractivity contribution is 5.85. The van der Waals surface area contributed by atoms with Crippen molar-refractivity contribution in [1.29, 1.82) is 0 Å². The molecule has 0 amide bonds. The molecule has 0 spiro atoms.